The Kier molecular flexibility index (Phi) is 6.73. The lowest BCUT2D eigenvalue weighted by Gasteiger charge is -2.24. The van der Waals surface area contributed by atoms with Crippen LogP contribution in [-0.2, 0) is 9.53 Å². The molecular weight excluding hydrogens is 224 g/mol. The summed E-state index contributed by atoms with van der Waals surface area (Å²) in [6.45, 7) is 10.1. The van der Waals surface area contributed by atoms with Gasteiger partial charge in [-0.2, -0.15) is 0 Å². The third-order valence-electron chi connectivity index (χ3n) is 2.86. The number of ether oxygens (including phenoxy) is 1. The van der Waals surface area contributed by atoms with Gasteiger partial charge in [0.05, 0.1) is 0 Å². The number of hydrogen-bond acceptors (Lipinski definition) is 2. The van der Waals surface area contributed by atoms with Crippen LogP contribution in [0, 0.1) is 5.92 Å². The molecule has 0 aliphatic heterocycles. The minimum absolute atomic E-state index is 0.157. The minimum Gasteiger partial charge on any atom is -0.462 e. The molecule has 2 nitrogen and oxygen atoms in total. The number of hydrogen-bond donors (Lipinski definition) is 0. The molecule has 3 heteroatoms. The van der Waals surface area contributed by atoms with E-state index in [1.807, 2.05) is 19.9 Å². The normalized spacial score (nSPS) is 14.8. The minimum atomic E-state index is -0.237. The first kappa shape index (κ1) is 15.5. The molecule has 0 spiro atoms. The largest absolute Gasteiger partial charge is 0.462 e. The highest BCUT2D eigenvalue weighted by atomic mass is 35.5. The van der Waals surface area contributed by atoms with Gasteiger partial charge < -0.3 is 4.74 Å². The Morgan fingerprint density at radius 3 is 2.44 bits per heavy atom. The van der Waals surface area contributed by atoms with Crippen LogP contribution in [0.1, 0.15) is 47.5 Å². The van der Waals surface area contributed by atoms with Gasteiger partial charge in [-0.15, -0.1) is 11.6 Å². The van der Waals surface area contributed by atoms with Gasteiger partial charge in [-0.25, -0.2) is 0 Å². The number of rotatable bonds is 6. The fraction of sp³-hybridized carbons (Fsp3) is 0.769. The number of allylic oxidation sites excluding steroid dienone is 1. The van der Waals surface area contributed by atoms with E-state index in [-0.39, 0.29) is 10.8 Å². The standard InChI is InChI=1S/C13H23ClO2/c1-10(8-9-16-12(3)15)6-7-11(2)13(4,5)14/h8,11H,6-7,9H2,1-5H3. The first-order valence-electron chi connectivity index (χ1n) is 5.71. The Morgan fingerprint density at radius 1 is 1.44 bits per heavy atom. The van der Waals surface area contributed by atoms with E-state index in [0.29, 0.717) is 12.5 Å². The second kappa shape index (κ2) is 6.95. The second-order valence-corrected chi connectivity index (χ2v) is 5.83. The van der Waals surface area contributed by atoms with Gasteiger partial charge in [-0.1, -0.05) is 12.5 Å². The molecule has 0 amide bonds. The lowest BCUT2D eigenvalue weighted by molar-refractivity contribution is -0.139. The van der Waals surface area contributed by atoms with E-state index in [9.17, 15) is 4.79 Å². The molecule has 0 aromatic carbocycles. The van der Waals surface area contributed by atoms with Gasteiger partial charge in [-0.05, 0) is 45.6 Å². The monoisotopic (exact) mass is 246 g/mol. The molecular formula is C13H23ClO2. The Balaban J connectivity index is 3.88. The lowest BCUT2D eigenvalue weighted by Crippen LogP contribution is -2.21. The average Bonchev–Trinajstić information content (AvgIpc) is 2.11. The maximum atomic E-state index is 10.6. The van der Waals surface area contributed by atoms with Gasteiger partial charge >= 0.3 is 5.97 Å². The molecule has 1 unspecified atom stereocenters. The van der Waals surface area contributed by atoms with E-state index in [0.717, 1.165) is 12.8 Å². The van der Waals surface area contributed by atoms with E-state index in [1.165, 1.54) is 12.5 Å². The van der Waals surface area contributed by atoms with Crippen LogP contribution in [0.5, 0.6) is 0 Å². The number of esters is 1. The zero-order valence-corrected chi connectivity index (χ0v) is 11.7. The van der Waals surface area contributed by atoms with Gasteiger partial charge in [0, 0.05) is 11.8 Å². The first-order valence-corrected chi connectivity index (χ1v) is 6.09. The smallest absolute Gasteiger partial charge is 0.302 e. The highest BCUT2D eigenvalue weighted by Crippen LogP contribution is 2.28. The van der Waals surface area contributed by atoms with Gasteiger partial charge in [-0.3, -0.25) is 4.79 Å². The van der Waals surface area contributed by atoms with Gasteiger partial charge in [0.25, 0.3) is 0 Å². The van der Waals surface area contributed by atoms with Crippen LogP contribution in [-0.4, -0.2) is 17.5 Å². The Morgan fingerprint density at radius 2 is 2.00 bits per heavy atom. The first-order chi connectivity index (χ1) is 7.23. The second-order valence-electron chi connectivity index (χ2n) is 4.86. The van der Waals surface area contributed by atoms with Gasteiger partial charge in [0.15, 0.2) is 0 Å². The summed E-state index contributed by atoms with van der Waals surface area (Å²) in [5, 5.41) is 0. The molecule has 0 aromatic heterocycles. The molecule has 0 fully saturated rings. The van der Waals surface area contributed by atoms with Crippen molar-refractivity contribution in [3.8, 4) is 0 Å². The van der Waals surface area contributed by atoms with Crippen LogP contribution in [0.3, 0.4) is 0 Å². The molecule has 0 saturated heterocycles. The quantitative estimate of drug-likeness (QED) is 0.403. The van der Waals surface area contributed by atoms with Crippen molar-refractivity contribution in [1.82, 2.24) is 0 Å². The molecule has 0 aromatic rings. The maximum Gasteiger partial charge on any atom is 0.302 e. The summed E-state index contributed by atoms with van der Waals surface area (Å²) in [7, 11) is 0. The predicted octanol–water partition coefficient (Wildman–Crippen LogP) is 3.93. The molecule has 0 aliphatic rings. The summed E-state index contributed by atoms with van der Waals surface area (Å²) < 4.78 is 4.85. The third-order valence-corrected chi connectivity index (χ3v) is 3.23. The van der Waals surface area contributed by atoms with E-state index >= 15 is 0 Å². The van der Waals surface area contributed by atoms with Gasteiger partial charge in [0.1, 0.15) is 6.61 Å². The van der Waals surface area contributed by atoms with Crippen molar-refractivity contribution in [3.63, 3.8) is 0 Å². The topological polar surface area (TPSA) is 26.3 Å². The lowest BCUT2D eigenvalue weighted by atomic mass is 9.91. The van der Waals surface area contributed by atoms with Crippen molar-refractivity contribution in [1.29, 1.82) is 0 Å². The van der Waals surface area contributed by atoms with Crippen LogP contribution in [0.25, 0.3) is 0 Å². The summed E-state index contributed by atoms with van der Waals surface area (Å²) in [4.78, 5) is 10.4. The Hall–Kier alpha value is -0.500. The summed E-state index contributed by atoms with van der Waals surface area (Å²) in [6, 6.07) is 0. The molecule has 0 bridgehead atoms. The highest BCUT2D eigenvalue weighted by Gasteiger charge is 2.21. The van der Waals surface area contributed by atoms with Crippen LogP contribution in [0.4, 0.5) is 0 Å². The number of alkyl halides is 1. The average molecular weight is 247 g/mol. The van der Waals surface area contributed by atoms with Crippen LogP contribution in [0.15, 0.2) is 11.6 Å². The highest BCUT2D eigenvalue weighted by molar-refractivity contribution is 6.23. The molecule has 0 heterocycles. The van der Waals surface area contributed by atoms with Crippen molar-refractivity contribution < 1.29 is 9.53 Å². The van der Waals surface area contributed by atoms with Crippen LogP contribution in [0.2, 0.25) is 0 Å². The fourth-order valence-electron chi connectivity index (χ4n) is 1.19. The zero-order chi connectivity index (χ0) is 12.8. The molecule has 0 aliphatic carbocycles. The van der Waals surface area contributed by atoms with Crippen molar-refractivity contribution >= 4 is 17.6 Å². The summed E-state index contributed by atoms with van der Waals surface area (Å²) in [6.07, 6.45) is 4.01. The molecule has 0 radical (unpaired) electrons. The molecule has 0 rings (SSSR count). The number of carbonyl (C=O) groups excluding carboxylic acids is 1. The Labute approximate surface area is 104 Å². The predicted molar refractivity (Wildman–Crippen MR) is 68.7 cm³/mol. The third kappa shape index (κ3) is 7.75. The van der Waals surface area contributed by atoms with Crippen molar-refractivity contribution in [2.45, 2.75) is 52.3 Å². The summed E-state index contributed by atoms with van der Waals surface area (Å²) in [5.41, 5.74) is 1.24. The summed E-state index contributed by atoms with van der Waals surface area (Å²) in [5.74, 6) is 0.227. The molecule has 0 saturated carbocycles. The Bertz CT molecular complexity index is 251. The fourth-order valence-corrected chi connectivity index (χ4v) is 1.30. The SMILES string of the molecule is CC(=O)OCC=C(C)CCC(C)C(C)(C)Cl. The molecule has 0 N–H and O–H groups in total. The molecule has 94 valence electrons. The maximum absolute atomic E-state index is 10.6. The van der Waals surface area contributed by atoms with E-state index in [4.69, 9.17) is 16.3 Å². The zero-order valence-electron chi connectivity index (χ0n) is 11.0. The molecule has 16 heavy (non-hydrogen) atoms. The number of carbonyl (C=O) groups is 1. The van der Waals surface area contributed by atoms with E-state index in [2.05, 4.69) is 13.8 Å². The van der Waals surface area contributed by atoms with Crippen molar-refractivity contribution in [3.05, 3.63) is 11.6 Å². The van der Waals surface area contributed by atoms with Crippen molar-refractivity contribution in [2.24, 2.45) is 5.92 Å². The van der Waals surface area contributed by atoms with Crippen LogP contribution >= 0.6 is 11.6 Å². The van der Waals surface area contributed by atoms with Crippen LogP contribution < -0.4 is 0 Å². The van der Waals surface area contributed by atoms with E-state index < -0.39 is 0 Å². The van der Waals surface area contributed by atoms with Gasteiger partial charge in [0.2, 0.25) is 0 Å². The van der Waals surface area contributed by atoms with Crippen molar-refractivity contribution in [2.75, 3.05) is 6.61 Å². The summed E-state index contributed by atoms with van der Waals surface area (Å²) >= 11 is 6.22. The van der Waals surface area contributed by atoms with E-state index in [1.54, 1.807) is 0 Å². The molecule has 1 atom stereocenters. The number of halogens is 1.